The lowest BCUT2D eigenvalue weighted by Gasteiger charge is -2.11. The van der Waals surface area contributed by atoms with Crippen molar-refractivity contribution in [1.82, 2.24) is 5.43 Å². The number of thioether (sulfide) groups is 1. The van der Waals surface area contributed by atoms with Gasteiger partial charge in [-0.25, -0.2) is 0 Å². The quantitative estimate of drug-likeness (QED) is 0.870. The second-order valence-corrected chi connectivity index (χ2v) is 6.01. The summed E-state index contributed by atoms with van der Waals surface area (Å²) in [5.74, 6) is 0. The first-order valence-corrected chi connectivity index (χ1v) is 7.38. The van der Waals surface area contributed by atoms with E-state index in [4.69, 9.17) is 23.2 Å². The van der Waals surface area contributed by atoms with Crippen LogP contribution in [0.3, 0.4) is 0 Å². The predicted molar refractivity (Wildman–Crippen MR) is 82.9 cm³/mol. The Bertz CT molecular complexity index is 629. The highest BCUT2D eigenvalue weighted by atomic mass is 35.5. The number of hydrogen-bond donors (Lipinski definition) is 1. The average molecular weight is 309 g/mol. The molecule has 2 aromatic carbocycles. The molecule has 0 fully saturated rings. The van der Waals surface area contributed by atoms with Crippen molar-refractivity contribution in [2.75, 3.05) is 0 Å². The molecule has 96 valence electrons. The van der Waals surface area contributed by atoms with Gasteiger partial charge in [-0.05, 0) is 12.1 Å². The molecule has 5 heteroatoms. The Labute approximate surface area is 125 Å². The minimum Gasteiger partial charge on any atom is -0.291 e. The van der Waals surface area contributed by atoms with Gasteiger partial charge in [0.15, 0.2) is 0 Å². The summed E-state index contributed by atoms with van der Waals surface area (Å²) in [5, 5.41) is 6.66. The van der Waals surface area contributed by atoms with Gasteiger partial charge in [-0.1, -0.05) is 71.4 Å². The van der Waals surface area contributed by atoms with Crippen LogP contribution in [0.2, 0.25) is 10.0 Å². The number of hydrazone groups is 1. The lowest BCUT2D eigenvalue weighted by atomic mass is 10.2. The monoisotopic (exact) mass is 308 g/mol. The molecule has 0 aliphatic carbocycles. The van der Waals surface area contributed by atoms with Gasteiger partial charge in [0.2, 0.25) is 0 Å². The minimum absolute atomic E-state index is 0.0278. The largest absolute Gasteiger partial charge is 0.291 e. The fourth-order valence-electron chi connectivity index (χ4n) is 1.84. The van der Waals surface area contributed by atoms with Crippen molar-refractivity contribution < 1.29 is 0 Å². The van der Waals surface area contributed by atoms with Gasteiger partial charge in [0, 0.05) is 21.2 Å². The van der Waals surface area contributed by atoms with Crippen molar-refractivity contribution in [3.05, 3.63) is 69.7 Å². The summed E-state index contributed by atoms with van der Waals surface area (Å²) in [4.78, 5) is 0. The Hall–Kier alpha value is -1.16. The van der Waals surface area contributed by atoms with Crippen LogP contribution in [0.1, 0.15) is 16.5 Å². The van der Waals surface area contributed by atoms with E-state index in [0.29, 0.717) is 10.0 Å². The van der Waals surface area contributed by atoms with Gasteiger partial charge in [0.05, 0.1) is 0 Å². The maximum absolute atomic E-state index is 6.21. The highest BCUT2D eigenvalue weighted by Crippen LogP contribution is 2.38. The average Bonchev–Trinajstić information content (AvgIpc) is 2.89. The van der Waals surface area contributed by atoms with Gasteiger partial charge < -0.3 is 0 Å². The second kappa shape index (κ2) is 5.45. The van der Waals surface area contributed by atoms with Gasteiger partial charge in [0.25, 0.3) is 0 Å². The van der Waals surface area contributed by atoms with Crippen LogP contribution in [-0.2, 0) is 0 Å². The third kappa shape index (κ3) is 2.73. The van der Waals surface area contributed by atoms with Crippen molar-refractivity contribution in [3.8, 4) is 0 Å². The van der Waals surface area contributed by atoms with E-state index in [0.717, 1.165) is 16.2 Å². The zero-order valence-electron chi connectivity index (χ0n) is 9.81. The maximum atomic E-state index is 6.21. The molecule has 3 rings (SSSR count). The van der Waals surface area contributed by atoms with E-state index in [1.807, 2.05) is 42.5 Å². The van der Waals surface area contributed by atoms with E-state index < -0.39 is 0 Å². The molecule has 19 heavy (non-hydrogen) atoms. The smallest absolute Gasteiger partial charge is 0.126 e. The van der Waals surface area contributed by atoms with Crippen molar-refractivity contribution in [3.63, 3.8) is 0 Å². The number of hydrogen-bond acceptors (Lipinski definition) is 3. The van der Waals surface area contributed by atoms with E-state index in [9.17, 15) is 0 Å². The first kappa shape index (κ1) is 12.9. The first-order chi connectivity index (χ1) is 9.24. The van der Waals surface area contributed by atoms with Crippen molar-refractivity contribution in [2.24, 2.45) is 5.10 Å². The topological polar surface area (TPSA) is 24.4 Å². The molecule has 2 aromatic rings. The third-order valence-corrected chi connectivity index (χ3v) is 4.49. The van der Waals surface area contributed by atoms with Gasteiger partial charge in [-0.15, -0.1) is 0 Å². The molecule has 1 aliphatic heterocycles. The van der Waals surface area contributed by atoms with Gasteiger partial charge in [-0.2, -0.15) is 5.10 Å². The molecule has 0 radical (unpaired) electrons. The lowest BCUT2D eigenvalue weighted by molar-refractivity contribution is 0.744. The molecule has 0 saturated heterocycles. The molecule has 0 amide bonds. The Morgan fingerprint density at radius 1 is 1.05 bits per heavy atom. The van der Waals surface area contributed by atoms with E-state index in [1.54, 1.807) is 17.8 Å². The number of nitrogens with one attached hydrogen (secondary N) is 1. The van der Waals surface area contributed by atoms with Gasteiger partial charge in [0.1, 0.15) is 10.4 Å². The van der Waals surface area contributed by atoms with Crippen molar-refractivity contribution in [1.29, 1.82) is 0 Å². The fourth-order valence-corrected chi connectivity index (χ4v) is 3.46. The molecule has 1 aliphatic rings. The van der Waals surface area contributed by atoms with Crippen LogP contribution >= 0.6 is 35.0 Å². The number of benzene rings is 2. The normalized spacial score (nSPS) is 18.0. The van der Waals surface area contributed by atoms with E-state index in [1.165, 1.54) is 0 Å². The highest BCUT2D eigenvalue weighted by Gasteiger charge is 2.23. The summed E-state index contributed by atoms with van der Waals surface area (Å²) >= 11 is 13.8. The number of rotatable bonds is 2. The van der Waals surface area contributed by atoms with Crippen LogP contribution in [0.4, 0.5) is 0 Å². The molecule has 1 heterocycles. The van der Waals surface area contributed by atoms with E-state index in [2.05, 4.69) is 10.5 Å². The Kier molecular flexibility index (Phi) is 3.69. The molecular weight excluding hydrogens is 299 g/mol. The molecular formula is C14H10Cl2N2S. The van der Waals surface area contributed by atoms with Crippen LogP contribution in [0.5, 0.6) is 0 Å². The Morgan fingerprint density at radius 2 is 1.84 bits per heavy atom. The lowest BCUT2D eigenvalue weighted by Crippen LogP contribution is -2.07. The zero-order valence-corrected chi connectivity index (χ0v) is 12.1. The van der Waals surface area contributed by atoms with Crippen LogP contribution in [-0.4, -0.2) is 5.04 Å². The molecule has 0 aromatic heterocycles. The molecule has 1 unspecified atom stereocenters. The Balaban J connectivity index is 1.81. The second-order valence-electron chi connectivity index (χ2n) is 4.08. The summed E-state index contributed by atoms with van der Waals surface area (Å²) in [6.07, 6.45) is 0. The third-order valence-electron chi connectivity index (χ3n) is 2.78. The maximum Gasteiger partial charge on any atom is 0.126 e. The highest BCUT2D eigenvalue weighted by molar-refractivity contribution is 8.14. The minimum atomic E-state index is 0.0278. The summed E-state index contributed by atoms with van der Waals surface area (Å²) in [6.45, 7) is 0. The summed E-state index contributed by atoms with van der Waals surface area (Å²) in [5.41, 5.74) is 5.20. The van der Waals surface area contributed by atoms with Gasteiger partial charge in [-0.3, -0.25) is 5.43 Å². The summed E-state index contributed by atoms with van der Waals surface area (Å²) in [7, 11) is 0. The molecule has 0 saturated carbocycles. The van der Waals surface area contributed by atoms with Crippen molar-refractivity contribution >= 4 is 40.0 Å². The first-order valence-electron chi connectivity index (χ1n) is 5.74. The van der Waals surface area contributed by atoms with Crippen LogP contribution < -0.4 is 5.43 Å². The Morgan fingerprint density at radius 3 is 2.58 bits per heavy atom. The van der Waals surface area contributed by atoms with Crippen molar-refractivity contribution in [2.45, 2.75) is 5.37 Å². The van der Waals surface area contributed by atoms with Crippen LogP contribution in [0, 0.1) is 0 Å². The summed E-state index contributed by atoms with van der Waals surface area (Å²) in [6, 6.07) is 15.6. The summed E-state index contributed by atoms with van der Waals surface area (Å²) < 4.78 is 0. The fraction of sp³-hybridized carbons (Fsp3) is 0.0714. The molecule has 1 atom stereocenters. The molecule has 2 nitrogen and oxygen atoms in total. The zero-order chi connectivity index (χ0) is 13.2. The van der Waals surface area contributed by atoms with Crippen LogP contribution in [0.25, 0.3) is 0 Å². The van der Waals surface area contributed by atoms with Gasteiger partial charge >= 0.3 is 0 Å². The van der Waals surface area contributed by atoms with E-state index >= 15 is 0 Å². The van der Waals surface area contributed by atoms with E-state index in [-0.39, 0.29) is 5.37 Å². The molecule has 0 bridgehead atoms. The van der Waals surface area contributed by atoms with Crippen LogP contribution in [0.15, 0.2) is 53.6 Å². The standard InChI is InChI=1S/C14H10Cl2N2S/c15-10-6-7-11(12(16)8-10)14-18-17-13(19-14)9-4-2-1-3-5-9/h1-8,14,18H. The molecule has 1 N–H and O–H groups in total. The predicted octanol–water partition coefficient (Wildman–Crippen LogP) is 4.69. The number of halogens is 2. The molecule has 0 spiro atoms. The SMILES string of the molecule is Clc1ccc(C2NN=C(c3ccccc3)S2)c(Cl)c1. The number of nitrogens with zero attached hydrogens (tertiary/aromatic N) is 1.